The van der Waals surface area contributed by atoms with Gasteiger partial charge in [-0.2, -0.15) is 0 Å². The van der Waals surface area contributed by atoms with Crippen LogP contribution in [-0.2, 0) is 0 Å². The van der Waals surface area contributed by atoms with E-state index in [-0.39, 0.29) is 0 Å². The molecule has 0 saturated heterocycles. The molecule has 2 rings (SSSR count). The second kappa shape index (κ2) is 3.93. The molecule has 0 unspecified atom stereocenters. The van der Waals surface area contributed by atoms with Gasteiger partial charge in [0.15, 0.2) is 0 Å². The summed E-state index contributed by atoms with van der Waals surface area (Å²) in [5, 5.41) is 1.30. The highest BCUT2D eigenvalue weighted by Crippen LogP contribution is 2.29. The molecule has 0 atom stereocenters. The van der Waals surface area contributed by atoms with Crippen LogP contribution in [0.1, 0.15) is 50.9 Å². The summed E-state index contributed by atoms with van der Waals surface area (Å²) in [4.78, 5) is 4.41. The van der Waals surface area contributed by atoms with Gasteiger partial charge < -0.3 is 4.57 Å². The Hall–Kier alpha value is -1.31. The van der Waals surface area contributed by atoms with Crippen LogP contribution in [-0.4, -0.2) is 9.55 Å². The van der Waals surface area contributed by atoms with Crippen LogP contribution in [0.2, 0.25) is 0 Å². The van der Waals surface area contributed by atoms with E-state index in [1.54, 1.807) is 0 Å². The molecule has 0 spiro atoms. The molecule has 86 valence electrons. The molecule has 2 heteroatoms. The smallest absolute Gasteiger partial charge is 0.0519 e. The molecule has 0 fully saturated rings. The van der Waals surface area contributed by atoms with Crippen LogP contribution >= 0.6 is 0 Å². The number of fused-ring (bicyclic) bond motifs is 1. The number of rotatable bonds is 2. The molecule has 0 aliphatic heterocycles. The highest BCUT2D eigenvalue weighted by molar-refractivity contribution is 5.84. The molecule has 2 heterocycles. The van der Waals surface area contributed by atoms with Crippen molar-refractivity contribution in [1.82, 2.24) is 9.55 Å². The quantitative estimate of drug-likeness (QED) is 0.740. The lowest BCUT2D eigenvalue weighted by atomic mass is 10.0. The molecule has 0 aliphatic carbocycles. The van der Waals surface area contributed by atoms with Gasteiger partial charge in [0.1, 0.15) is 0 Å². The second-order valence-corrected chi connectivity index (χ2v) is 5.08. The lowest BCUT2D eigenvalue weighted by molar-refractivity contribution is 0.619. The van der Waals surface area contributed by atoms with Gasteiger partial charge in [-0.05, 0) is 38.3 Å². The van der Waals surface area contributed by atoms with Crippen molar-refractivity contribution in [3.63, 3.8) is 0 Å². The van der Waals surface area contributed by atoms with Gasteiger partial charge in [0.2, 0.25) is 0 Å². The van der Waals surface area contributed by atoms with E-state index < -0.39 is 0 Å². The number of hydrogen-bond acceptors (Lipinski definition) is 1. The van der Waals surface area contributed by atoms with E-state index in [1.807, 2.05) is 13.1 Å². The van der Waals surface area contributed by atoms with Gasteiger partial charge in [0.05, 0.1) is 5.52 Å². The number of pyridine rings is 1. The molecule has 0 aromatic carbocycles. The maximum Gasteiger partial charge on any atom is 0.0519 e. The van der Waals surface area contributed by atoms with Crippen molar-refractivity contribution in [2.75, 3.05) is 0 Å². The van der Waals surface area contributed by atoms with E-state index in [0.29, 0.717) is 12.0 Å². The van der Waals surface area contributed by atoms with E-state index in [1.165, 1.54) is 16.5 Å². The van der Waals surface area contributed by atoms with Crippen LogP contribution in [0.5, 0.6) is 0 Å². The molecule has 0 bridgehead atoms. The summed E-state index contributed by atoms with van der Waals surface area (Å²) in [6.45, 7) is 11.0. The monoisotopic (exact) mass is 216 g/mol. The Morgan fingerprint density at radius 3 is 2.44 bits per heavy atom. The average Bonchev–Trinajstić information content (AvgIpc) is 2.56. The standard InChI is InChI=1S/C14H20N2/c1-9(2)13-8-16(10(3)4)14-6-11(5)15-7-12(13)14/h6-10H,1-5H3. The molecular weight excluding hydrogens is 196 g/mol. The zero-order valence-corrected chi connectivity index (χ0v) is 10.8. The van der Waals surface area contributed by atoms with E-state index in [4.69, 9.17) is 0 Å². The fraction of sp³-hybridized carbons (Fsp3) is 0.500. The number of nitrogens with zero attached hydrogens (tertiary/aromatic N) is 2. The Bertz CT molecular complexity index is 507. The molecule has 2 aromatic rings. The highest BCUT2D eigenvalue weighted by Gasteiger charge is 2.13. The Kier molecular flexibility index (Phi) is 2.75. The van der Waals surface area contributed by atoms with Crippen LogP contribution in [0.4, 0.5) is 0 Å². The van der Waals surface area contributed by atoms with E-state index in [2.05, 4.69) is 49.5 Å². The largest absolute Gasteiger partial charge is 0.345 e. The molecule has 0 amide bonds. The second-order valence-electron chi connectivity index (χ2n) is 5.08. The Morgan fingerprint density at radius 2 is 1.88 bits per heavy atom. The van der Waals surface area contributed by atoms with E-state index in [0.717, 1.165) is 5.69 Å². The summed E-state index contributed by atoms with van der Waals surface area (Å²) in [7, 11) is 0. The van der Waals surface area contributed by atoms with E-state index in [9.17, 15) is 0 Å². The fourth-order valence-corrected chi connectivity index (χ4v) is 2.16. The molecule has 0 aliphatic rings. The van der Waals surface area contributed by atoms with E-state index >= 15 is 0 Å². The van der Waals surface area contributed by atoms with Gasteiger partial charge in [0, 0.05) is 29.5 Å². The third kappa shape index (κ3) is 1.73. The Morgan fingerprint density at radius 1 is 1.19 bits per heavy atom. The van der Waals surface area contributed by atoms with Crippen LogP contribution in [0.15, 0.2) is 18.5 Å². The molecule has 2 nitrogen and oxygen atoms in total. The van der Waals surface area contributed by atoms with Crippen molar-refractivity contribution < 1.29 is 0 Å². The molecule has 0 saturated carbocycles. The Labute approximate surface area is 97.3 Å². The van der Waals surface area contributed by atoms with Crippen molar-refractivity contribution in [2.24, 2.45) is 0 Å². The molecule has 16 heavy (non-hydrogen) atoms. The van der Waals surface area contributed by atoms with Crippen LogP contribution in [0.3, 0.4) is 0 Å². The maximum absolute atomic E-state index is 4.41. The van der Waals surface area contributed by atoms with Crippen molar-refractivity contribution in [1.29, 1.82) is 0 Å². The van der Waals surface area contributed by atoms with Crippen LogP contribution in [0.25, 0.3) is 10.9 Å². The van der Waals surface area contributed by atoms with Gasteiger partial charge in [-0.3, -0.25) is 4.98 Å². The molecule has 2 aromatic heterocycles. The first kappa shape index (κ1) is 11.2. The molecule has 0 radical (unpaired) electrons. The van der Waals surface area contributed by atoms with Crippen LogP contribution in [0, 0.1) is 6.92 Å². The number of hydrogen-bond donors (Lipinski definition) is 0. The van der Waals surface area contributed by atoms with Crippen molar-refractivity contribution >= 4 is 10.9 Å². The van der Waals surface area contributed by atoms with Gasteiger partial charge in [-0.15, -0.1) is 0 Å². The maximum atomic E-state index is 4.41. The zero-order chi connectivity index (χ0) is 11.9. The van der Waals surface area contributed by atoms with Crippen molar-refractivity contribution in [2.45, 2.75) is 46.6 Å². The van der Waals surface area contributed by atoms with Crippen molar-refractivity contribution in [3.05, 3.63) is 29.7 Å². The number of aromatic nitrogens is 2. The van der Waals surface area contributed by atoms with Crippen molar-refractivity contribution in [3.8, 4) is 0 Å². The SMILES string of the molecule is Cc1cc2c(cn1)c(C(C)C)cn2C(C)C. The summed E-state index contributed by atoms with van der Waals surface area (Å²) < 4.78 is 2.35. The van der Waals surface area contributed by atoms with Gasteiger partial charge in [0.25, 0.3) is 0 Å². The van der Waals surface area contributed by atoms with Gasteiger partial charge >= 0.3 is 0 Å². The first-order valence-corrected chi connectivity index (χ1v) is 5.97. The summed E-state index contributed by atoms with van der Waals surface area (Å²) in [6, 6.07) is 2.68. The number of aryl methyl sites for hydroxylation is 1. The first-order valence-electron chi connectivity index (χ1n) is 5.97. The zero-order valence-electron chi connectivity index (χ0n) is 10.8. The summed E-state index contributed by atoms with van der Waals surface area (Å²) in [6.07, 6.45) is 4.29. The average molecular weight is 216 g/mol. The first-order chi connectivity index (χ1) is 7.50. The minimum Gasteiger partial charge on any atom is -0.345 e. The Balaban J connectivity index is 2.76. The summed E-state index contributed by atoms with van der Waals surface area (Å²) >= 11 is 0. The predicted octanol–water partition coefficient (Wildman–Crippen LogP) is 4.05. The third-order valence-corrected chi connectivity index (χ3v) is 3.06. The summed E-state index contributed by atoms with van der Waals surface area (Å²) in [5.41, 5.74) is 3.80. The minimum absolute atomic E-state index is 0.497. The predicted molar refractivity (Wildman–Crippen MR) is 68.9 cm³/mol. The topological polar surface area (TPSA) is 17.8 Å². The lowest BCUT2D eigenvalue weighted by Crippen LogP contribution is -1.98. The minimum atomic E-state index is 0.497. The normalized spacial score (nSPS) is 11.9. The van der Waals surface area contributed by atoms with Gasteiger partial charge in [-0.25, -0.2) is 0 Å². The summed E-state index contributed by atoms with van der Waals surface area (Å²) in [5.74, 6) is 0.548. The highest BCUT2D eigenvalue weighted by atomic mass is 15.0. The van der Waals surface area contributed by atoms with Gasteiger partial charge in [-0.1, -0.05) is 13.8 Å². The molecule has 0 N–H and O–H groups in total. The van der Waals surface area contributed by atoms with Crippen LogP contribution < -0.4 is 0 Å². The lowest BCUT2D eigenvalue weighted by Gasteiger charge is -2.09. The molecular formula is C14H20N2. The fourth-order valence-electron chi connectivity index (χ4n) is 2.16. The third-order valence-electron chi connectivity index (χ3n) is 3.06.